The molecule has 0 aliphatic carbocycles. The number of methoxy groups -OCH3 is 1. The minimum Gasteiger partial charge on any atom is -0.469 e. The van der Waals surface area contributed by atoms with E-state index in [4.69, 9.17) is 9.57 Å². The van der Waals surface area contributed by atoms with Crippen LogP contribution in [0.15, 0.2) is 66.9 Å². The molecule has 0 unspecified atom stereocenters. The Kier molecular flexibility index (Phi) is 6.30. The van der Waals surface area contributed by atoms with Gasteiger partial charge in [-0.1, -0.05) is 48.5 Å². The van der Waals surface area contributed by atoms with Gasteiger partial charge in [0.15, 0.2) is 0 Å². The molecule has 1 atom stereocenters. The fourth-order valence-corrected chi connectivity index (χ4v) is 5.38. The fraction of sp³-hybridized carbons (Fsp3) is 0.370. The fourth-order valence-electron chi connectivity index (χ4n) is 5.38. The van der Waals surface area contributed by atoms with Crippen LogP contribution in [-0.2, 0) is 32.3 Å². The van der Waals surface area contributed by atoms with Gasteiger partial charge in [-0.15, -0.1) is 0 Å². The van der Waals surface area contributed by atoms with Gasteiger partial charge < -0.3 is 4.74 Å². The first-order valence-electron chi connectivity index (χ1n) is 11.7. The summed E-state index contributed by atoms with van der Waals surface area (Å²) in [5, 5.41) is 2.66. The monoisotopic (exact) mass is 459 g/mol. The number of fused-ring (bicyclic) bond motifs is 1. The van der Waals surface area contributed by atoms with Gasteiger partial charge in [0.05, 0.1) is 24.1 Å². The molecule has 7 nitrogen and oxygen atoms in total. The number of rotatable bonds is 6. The number of hydroxylamine groups is 2. The number of piperidine rings is 1. The third kappa shape index (κ3) is 4.17. The SMILES string of the molecule is COC(=O)[C@@H]1CC(=O)N(OCc2ccccc2)C12CCN(Cc1ccnc3ccccc13)CC2. The van der Waals surface area contributed by atoms with Crippen molar-refractivity contribution in [3.8, 4) is 0 Å². The van der Waals surface area contributed by atoms with Crippen LogP contribution >= 0.6 is 0 Å². The van der Waals surface area contributed by atoms with Gasteiger partial charge in [0.1, 0.15) is 6.61 Å². The van der Waals surface area contributed by atoms with Crippen LogP contribution in [0.1, 0.15) is 30.4 Å². The third-order valence-electron chi connectivity index (χ3n) is 7.20. The average molecular weight is 460 g/mol. The molecule has 176 valence electrons. The van der Waals surface area contributed by atoms with Gasteiger partial charge in [-0.2, -0.15) is 0 Å². The molecule has 5 rings (SSSR count). The standard InChI is InChI=1S/C27H29N3O4/c1-33-26(32)23-17-25(31)30(34-19-20-7-3-2-4-8-20)27(23)12-15-29(16-13-27)18-21-11-14-28-24-10-6-5-9-22(21)24/h2-11,14,23H,12-13,15-19H2,1H3/t23-/m0/s1. The zero-order valence-corrected chi connectivity index (χ0v) is 19.4. The minimum absolute atomic E-state index is 0.121. The van der Waals surface area contributed by atoms with Crippen LogP contribution in [0.5, 0.6) is 0 Å². The van der Waals surface area contributed by atoms with E-state index >= 15 is 0 Å². The summed E-state index contributed by atoms with van der Waals surface area (Å²) in [6, 6.07) is 20.0. The molecule has 34 heavy (non-hydrogen) atoms. The molecule has 1 amide bonds. The lowest BCUT2D eigenvalue weighted by molar-refractivity contribution is -0.229. The van der Waals surface area contributed by atoms with Crippen molar-refractivity contribution in [3.05, 3.63) is 78.0 Å². The van der Waals surface area contributed by atoms with E-state index in [-0.39, 0.29) is 24.9 Å². The van der Waals surface area contributed by atoms with Crippen LogP contribution < -0.4 is 0 Å². The Morgan fingerprint density at radius 2 is 1.79 bits per heavy atom. The van der Waals surface area contributed by atoms with Crippen molar-refractivity contribution in [2.45, 2.75) is 38.0 Å². The largest absolute Gasteiger partial charge is 0.469 e. The topological polar surface area (TPSA) is 72.0 Å². The Hall–Kier alpha value is -3.29. The molecule has 2 fully saturated rings. The van der Waals surface area contributed by atoms with E-state index in [9.17, 15) is 9.59 Å². The maximum Gasteiger partial charge on any atom is 0.311 e. The van der Waals surface area contributed by atoms with Crippen molar-refractivity contribution in [1.82, 2.24) is 14.9 Å². The van der Waals surface area contributed by atoms with Crippen molar-refractivity contribution in [2.24, 2.45) is 5.92 Å². The third-order valence-corrected chi connectivity index (χ3v) is 7.20. The van der Waals surface area contributed by atoms with Gasteiger partial charge in [-0.3, -0.25) is 24.3 Å². The molecule has 1 aromatic heterocycles. The smallest absolute Gasteiger partial charge is 0.311 e. The second-order valence-electron chi connectivity index (χ2n) is 9.09. The summed E-state index contributed by atoms with van der Waals surface area (Å²) >= 11 is 0. The number of likely N-dealkylation sites (tertiary alicyclic amines) is 1. The quantitative estimate of drug-likeness (QED) is 0.523. The highest BCUT2D eigenvalue weighted by atomic mass is 16.7. The summed E-state index contributed by atoms with van der Waals surface area (Å²) in [5.41, 5.74) is 2.51. The normalized spacial score (nSPS) is 20.2. The van der Waals surface area contributed by atoms with Crippen molar-refractivity contribution in [3.63, 3.8) is 0 Å². The second-order valence-corrected chi connectivity index (χ2v) is 9.09. The van der Waals surface area contributed by atoms with Crippen LogP contribution in [-0.4, -0.2) is 52.6 Å². The maximum absolute atomic E-state index is 13.0. The van der Waals surface area contributed by atoms with Gasteiger partial charge >= 0.3 is 5.97 Å². The van der Waals surface area contributed by atoms with E-state index in [2.05, 4.69) is 22.0 Å². The summed E-state index contributed by atoms with van der Waals surface area (Å²) in [6.45, 7) is 2.58. The first-order chi connectivity index (χ1) is 16.6. The van der Waals surface area contributed by atoms with Crippen molar-refractivity contribution in [2.75, 3.05) is 20.2 Å². The molecule has 3 aromatic rings. The molecule has 2 aliphatic heterocycles. The molecule has 1 spiro atoms. The van der Waals surface area contributed by atoms with Gasteiger partial charge in [0, 0.05) is 37.6 Å². The predicted molar refractivity (Wildman–Crippen MR) is 127 cm³/mol. The molecule has 7 heteroatoms. The van der Waals surface area contributed by atoms with E-state index < -0.39 is 11.5 Å². The number of carbonyl (C=O) groups excluding carboxylic acids is 2. The summed E-state index contributed by atoms with van der Waals surface area (Å²) in [6.07, 6.45) is 3.27. The number of nitrogens with zero attached hydrogens (tertiary/aromatic N) is 3. The molecule has 0 saturated carbocycles. The van der Waals surface area contributed by atoms with Crippen molar-refractivity contribution < 1.29 is 19.2 Å². The predicted octanol–water partition coefficient (Wildman–Crippen LogP) is 3.72. The molecule has 0 N–H and O–H groups in total. The average Bonchev–Trinajstić information content (AvgIpc) is 3.15. The molecular weight excluding hydrogens is 430 g/mol. The molecule has 2 aromatic carbocycles. The van der Waals surface area contributed by atoms with Gasteiger partial charge in [-0.05, 0) is 36.1 Å². The number of para-hydroxylation sites is 1. The van der Waals surface area contributed by atoms with Crippen LogP contribution in [0, 0.1) is 5.92 Å². The summed E-state index contributed by atoms with van der Waals surface area (Å²) < 4.78 is 5.10. The van der Waals surface area contributed by atoms with Crippen molar-refractivity contribution >= 4 is 22.8 Å². The number of aromatic nitrogens is 1. The van der Waals surface area contributed by atoms with E-state index in [0.717, 1.165) is 36.1 Å². The number of hydrogen-bond donors (Lipinski definition) is 0. The van der Waals surface area contributed by atoms with E-state index in [1.807, 2.05) is 54.7 Å². The lowest BCUT2D eigenvalue weighted by atomic mass is 9.77. The van der Waals surface area contributed by atoms with Gasteiger partial charge in [0.25, 0.3) is 0 Å². The Balaban J connectivity index is 1.34. The molecule has 0 radical (unpaired) electrons. The van der Waals surface area contributed by atoms with E-state index in [1.54, 1.807) is 0 Å². The zero-order chi connectivity index (χ0) is 23.5. The Morgan fingerprint density at radius 3 is 2.56 bits per heavy atom. The summed E-state index contributed by atoms with van der Waals surface area (Å²) in [7, 11) is 1.39. The molecular formula is C27H29N3O4. The maximum atomic E-state index is 13.0. The number of amides is 1. The van der Waals surface area contributed by atoms with Gasteiger partial charge in [0.2, 0.25) is 5.91 Å². The first-order valence-corrected chi connectivity index (χ1v) is 11.7. The highest BCUT2D eigenvalue weighted by Crippen LogP contribution is 2.45. The Labute approximate surface area is 199 Å². The lowest BCUT2D eigenvalue weighted by Crippen LogP contribution is -2.57. The molecule has 0 bridgehead atoms. The first kappa shape index (κ1) is 22.5. The molecule has 2 aliphatic rings. The van der Waals surface area contributed by atoms with Gasteiger partial charge in [-0.25, -0.2) is 5.06 Å². The van der Waals surface area contributed by atoms with E-state index in [1.165, 1.54) is 17.7 Å². The number of esters is 1. The van der Waals surface area contributed by atoms with E-state index in [0.29, 0.717) is 12.8 Å². The highest BCUT2D eigenvalue weighted by molar-refractivity contribution is 5.88. The van der Waals surface area contributed by atoms with Crippen LogP contribution in [0.3, 0.4) is 0 Å². The molecule has 3 heterocycles. The number of ether oxygens (including phenoxy) is 1. The Morgan fingerprint density at radius 1 is 1.06 bits per heavy atom. The minimum atomic E-state index is -0.685. The number of carbonyl (C=O) groups is 2. The van der Waals surface area contributed by atoms with Crippen LogP contribution in [0.25, 0.3) is 10.9 Å². The lowest BCUT2D eigenvalue weighted by Gasteiger charge is -2.45. The van der Waals surface area contributed by atoms with Crippen LogP contribution in [0.2, 0.25) is 0 Å². The van der Waals surface area contributed by atoms with Crippen molar-refractivity contribution in [1.29, 1.82) is 0 Å². The number of hydrogen-bond acceptors (Lipinski definition) is 6. The summed E-state index contributed by atoms with van der Waals surface area (Å²) in [5.74, 6) is -1.02. The number of pyridine rings is 1. The van der Waals surface area contributed by atoms with Crippen LogP contribution in [0.4, 0.5) is 0 Å². The summed E-state index contributed by atoms with van der Waals surface area (Å²) in [4.78, 5) is 38.6. The molecule has 2 saturated heterocycles. The zero-order valence-electron chi connectivity index (χ0n) is 19.4. The highest BCUT2D eigenvalue weighted by Gasteiger charge is 2.58. The second kappa shape index (κ2) is 9.52. The number of benzene rings is 2. The Bertz CT molecular complexity index is 1170.